The monoisotopic (exact) mass is 437 g/mol. The van der Waals surface area contributed by atoms with Crippen LogP contribution in [0.3, 0.4) is 0 Å². The SMILES string of the molecule is COc1ccc(S(=O)(=O)Oc2cccc(CN(CC(C)C)C(=O)C(C)C)c2)cc1F. The molecule has 0 bridgehead atoms. The van der Waals surface area contributed by atoms with Crippen molar-refractivity contribution in [2.45, 2.75) is 39.1 Å². The molecule has 0 heterocycles. The maximum Gasteiger partial charge on any atom is 0.339 e. The maximum atomic E-state index is 13.9. The van der Waals surface area contributed by atoms with Crippen LogP contribution in [0.1, 0.15) is 33.3 Å². The number of amides is 1. The van der Waals surface area contributed by atoms with E-state index in [2.05, 4.69) is 0 Å². The number of benzene rings is 2. The molecule has 6 nitrogen and oxygen atoms in total. The van der Waals surface area contributed by atoms with E-state index in [0.717, 1.165) is 11.6 Å². The Morgan fingerprint density at radius 3 is 2.37 bits per heavy atom. The average molecular weight is 438 g/mol. The highest BCUT2D eigenvalue weighted by molar-refractivity contribution is 7.87. The van der Waals surface area contributed by atoms with Gasteiger partial charge in [-0.25, -0.2) is 4.39 Å². The lowest BCUT2D eigenvalue weighted by Crippen LogP contribution is -2.36. The molecule has 30 heavy (non-hydrogen) atoms. The molecule has 2 rings (SSSR count). The second-order valence-electron chi connectivity index (χ2n) is 7.75. The molecule has 0 aliphatic heterocycles. The zero-order valence-electron chi connectivity index (χ0n) is 17.9. The predicted molar refractivity (Wildman–Crippen MR) is 112 cm³/mol. The van der Waals surface area contributed by atoms with Gasteiger partial charge in [0.05, 0.1) is 7.11 Å². The first-order valence-corrected chi connectivity index (χ1v) is 11.1. The van der Waals surface area contributed by atoms with E-state index < -0.39 is 15.9 Å². The summed E-state index contributed by atoms with van der Waals surface area (Å²) in [5.74, 6) is -0.601. The third kappa shape index (κ3) is 6.19. The number of methoxy groups -OCH3 is 1. The molecule has 0 saturated heterocycles. The summed E-state index contributed by atoms with van der Waals surface area (Å²) in [5, 5.41) is 0. The van der Waals surface area contributed by atoms with Crippen molar-refractivity contribution >= 4 is 16.0 Å². The minimum Gasteiger partial charge on any atom is -0.494 e. The summed E-state index contributed by atoms with van der Waals surface area (Å²) in [6.07, 6.45) is 0. The Balaban J connectivity index is 2.23. The molecule has 2 aromatic carbocycles. The fourth-order valence-electron chi connectivity index (χ4n) is 2.93. The van der Waals surface area contributed by atoms with Gasteiger partial charge in [0, 0.05) is 19.0 Å². The summed E-state index contributed by atoms with van der Waals surface area (Å²) in [7, 11) is -2.94. The summed E-state index contributed by atoms with van der Waals surface area (Å²) in [6, 6.07) is 9.81. The summed E-state index contributed by atoms with van der Waals surface area (Å²) in [5.41, 5.74) is 0.735. The number of carbonyl (C=O) groups is 1. The fraction of sp³-hybridized carbons (Fsp3) is 0.409. The molecule has 1 amide bonds. The summed E-state index contributed by atoms with van der Waals surface area (Å²) in [6.45, 7) is 8.67. The minimum absolute atomic E-state index is 0.0244. The smallest absolute Gasteiger partial charge is 0.339 e. The Hall–Kier alpha value is -2.61. The van der Waals surface area contributed by atoms with Crippen LogP contribution in [0.15, 0.2) is 47.4 Å². The van der Waals surface area contributed by atoms with Gasteiger partial charge in [0.25, 0.3) is 0 Å². The van der Waals surface area contributed by atoms with Gasteiger partial charge in [-0.15, -0.1) is 0 Å². The quantitative estimate of drug-likeness (QED) is 0.549. The van der Waals surface area contributed by atoms with Crippen LogP contribution in [-0.2, 0) is 21.5 Å². The Morgan fingerprint density at radius 1 is 1.10 bits per heavy atom. The van der Waals surface area contributed by atoms with Crippen LogP contribution >= 0.6 is 0 Å². The van der Waals surface area contributed by atoms with Crippen molar-refractivity contribution in [3.05, 3.63) is 53.8 Å². The highest BCUT2D eigenvalue weighted by atomic mass is 32.2. The second kappa shape index (κ2) is 9.93. The zero-order chi connectivity index (χ0) is 22.5. The zero-order valence-corrected chi connectivity index (χ0v) is 18.7. The molecule has 0 atom stereocenters. The molecular formula is C22H28FNO5S. The van der Waals surface area contributed by atoms with E-state index >= 15 is 0 Å². The largest absolute Gasteiger partial charge is 0.494 e. The summed E-state index contributed by atoms with van der Waals surface area (Å²) >= 11 is 0. The van der Waals surface area contributed by atoms with Gasteiger partial charge in [-0.1, -0.05) is 39.8 Å². The lowest BCUT2D eigenvalue weighted by molar-refractivity contribution is -0.135. The van der Waals surface area contributed by atoms with Crippen molar-refractivity contribution in [2.75, 3.05) is 13.7 Å². The van der Waals surface area contributed by atoms with Gasteiger partial charge >= 0.3 is 10.1 Å². The van der Waals surface area contributed by atoms with Crippen LogP contribution in [0.25, 0.3) is 0 Å². The fourth-order valence-corrected chi connectivity index (χ4v) is 3.87. The first-order valence-electron chi connectivity index (χ1n) is 9.69. The lowest BCUT2D eigenvalue weighted by atomic mass is 10.1. The number of nitrogens with zero attached hydrogens (tertiary/aromatic N) is 1. The van der Waals surface area contributed by atoms with E-state index in [4.69, 9.17) is 8.92 Å². The number of hydrogen-bond donors (Lipinski definition) is 0. The van der Waals surface area contributed by atoms with E-state index in [1.807, 2.05) is 27.7 Å². The minimum atomic E-state index is -4.23. The molecule has 0 aliphatic carbocycles. The number of ether oxygens (including phenoxy) is 1. The first-order chi connectivity index (χ1) is 14.0. The van der Waals surface area contributed by atoms with Gasteiger partial charge in [0.15, 0.2) is 11.6 Å². The average Bonchev–Trinajstić information content (AvgIpc) is 2.66. The van der Waals surface area contributed by atoms with Gasteiger partial charge in [-0.2, -0.15) is 8.42 Å². The Bertz CT molecular complexity index is 989. The van der Waals surface area contributed by atoms with Crippen LogP contribution in [0.5, 0.6) is 11.5 Å². The first kappa shape index (κ1) is 23.7. The van der Waals surface area contributed by atoms with Crippen molar-refractivity contribution in [1.29, 1.82) is 0 Å². The van der Waals surface area contributed by atoms with E-state index in [9.17, 15) is 17.6 Å². The highest BCUT2D eigenvalue weighted by Crippen LogP contribution is 2.25. The molecular weight excluding hydrogens is 409 g/mol. The Kier molecular flexibility index (Phi) is 7.83. The molecule has 0 N–H and O–H groups in total. The molecule has 0 aliphatic rings. The highest BCUT2D eigenvalue weighted by Gasteiger charge is 2.21. The molecule has 0 unspecified atom stereocenters. The Morgan fingerprint density at radius 2 is 1.80 bits per heavy atom. The van der Waals surface area contributed by atoms with E-state index in [1.165, 1.54) is 25.3 Å². The standard InChI is InChI=1S/C22H28FNO5S/c1-15(2)13-24(22(25)16(3)4)14-17-7-6-8-18(11-17)29-30(26,27)19-9-10-21(28-5)20(23)12-19/h6-12,15-16H,13-14H2,1-5H3. The summed E-state index contributed by atoms with van der Waals surface area (Å²) < 4.78 is 49.0. The van der Waals surface area contributed by atoms with Gasteiger partial charge in [-0.05, 0) is 41.8 Å². The second-order valence-corrected chi connectivity index (χ2v) is 9.29. The van der Waals surface area contributed by atoms with Gasteiger partial charge in [0.1, 0.15) is 10.6 Å². The lowest BCUT2D eigenvalue weighted by Gasteiger charge is -2.26. The van der Waals surface area contributed by atoms with Gasteiger partial charge < -0.3 is 13.8 Å². The van der Waals surface area contributed by atoms with Crippen LogP contribution in [0.2, 0.25) is 0 Å². The van der Waals surface area contributed by atoms with Crippen molar-refractivity contribution in [3.63, 3.8) is 0 Å². The van der Waals surface area contributed by atoms with Gasteiger partial charge in [0.2, 0.25) is 5.91 Å². The molecule has 2 aromatic rings. The topological polar surface area (TPSA) is 72.9 Å². The Labute approximate surface area is 177 Å². The maximum absolute atomic E-state index is 13.9. The molecule has 0 spiro atoms. The molecule has 0 radical (unpaired) electrons. The van der Waals surface area contributed by atoms with Crippen LogP contribution in [0, 0.1) is 17.7 Å². The van der Waals surface area contributed by atoms with Crippen molar-refractivity contribution in [3.8, 4) is 11.5 Å². The van der Waals surface area contributed by atoms with E-state index in [0.29, 0.717) is 13.1 Å². The number of hydrogen-bond acceptors (Lipinski definition) is 5. The third-order valence-corrected chi connectivity index (χ3v) is 5.52. The number of carbonyl (C=O) groups excluding carboxylic acids is 1. The predicted octanol–water partition coefficient (Wildman–Crippen LogP) is 4.24. The van der Waals surface area contributed by atoms with Crippen LogP contribution in [0.4, 0.5) is 4.39 Å². The van der Waals surface area contributed by atoms with Crippen molar-refractivity contribution in [2.24, 2.45) is 11.8 Å². The van der Waals surface area contributed by atoms with Crippen LogP contribution in [-0.4, -0.2) is 32.9 Å². The van der Waals surface area contributed by atoms with Crippen LogP contribution < -0.4 is 8.92 Å². The van der Waals surface area contributed by atoms with Crippen molar-refractivity contribution in [1.82, 2.24) is 4.90 Å². The van der Waals surface area contributed by atoms with E-state index in [-0.39, 0.29) is 34.1 Å². The molecule has 164 valence electrons. The normalized spacial score (nSPS) is 11.6. The molecule has 8 heteroatoms. The number of rotatable bonds is 9. The molecule has 0 saturated carbocycles. The number of halogens is 1. The van der Waals surface area contributed by atoms with Crippen molar-refractivity contribution < 1.29 is 26.5 Å². The van der Waals surface area contributed by atoms with Gasteiger partial charge in [-0.3, -0.25) is 4.79 Å². The summed E-state index contributed by atoms with van der Waals surface area (Å²) in [4.78, 5) is 14.0. The van der Waals surface area contributed by atoms with E-state index in [1.54, 1.807) is 23.1 Å². The molecule has 0 fully saturated rings. The third-order valence-electron chi connectivity index (χ3n) is 4.28. The molecule has 0 aromatic heterocycles.